The Labute approximate surface area is 98.9 Å². The van der Waals surface area contributed by atoms with Crippen molar-refractivity contribution < 1.29 is 22.8 Å². The van der Waals surface area contributed by atoms with Crippen LogP contribution in [0.3, 0.4) is 0 Å². The minimum atomic E-state index is -3.48. The van der Waals surface area contributed by atoms with Gasteiger partial charge in [0.2, 0.25) is 10.0 Å². The Morgan fingerprint density at radius 3 is 2.76 bits per heavy atom. The molecule has 4 fully saturated rings. The molecule has 0 aromatic rings. The van der Waals surface area contributed by atoms with Gasteiger partial charge in [0.05, 0.1) is 11.2 Å². The molecule has 0 aromatic carbocycles. The number of carbonyl (C=O) groups excluding carboxylic acids is 1. The van der Waals surface area contributed by atoms with Crippen LogP contribution in [0, 0.1) is 10.8 Å². The third-order valence-corrected chi connectivity index (χ3v) is 6.86. The largest absolute Gasteiger partial charge is 0.458 e. The van der Waals surface area contributed by atoms with Crippen molar-refractivity contribution in [2.75, 3.05) is 5.75 Å². The Hall–Kier alpha value is -0.660. The Kier molecular flexibility index (Phi) is 1.37. The zero-order valence-electron chi connectivity index (χ0n) is 9.60. The second kappa shape index (κ2) is 2.26. The number of nitrogens with zero attached hydrogens (tertiary/aromatic N) is 1. The molecule has 17 heavy (non-hydrogen) atoms. The molecule has 6 nitrogen and oxygen atoms in total. The highest BCUT2D eigenvalue weighted by molar-refractivity contribution is 7.89. The second-order valence-corrected chi connectivity index (χ2v) is 7.74. The highest BCUT2D eigenvalue weighted by Crippen LogP contribution is 2.73. The van der Waals surface area contributed by atoms with Crippen molar-refractivity contribution in [3.8, 4) is 0 Å². The molecule has 3 saturated heterocycles. The smallest absolute Gasteiger partial charge is 0.360 e. The summed E-state index contributed by atoms with van der Waals surface area (Å²) in [5.74, 6) is -0.529. The maximum Gasteiger partial charge on any atom is 0.360 e. The fraction of sp³-hybridized carbons (Fsp3) is 0.900. The number of hydrogen-bond acceptors (Lipinski definition) is 5. The van der Waals surface area contributed by atoms with Gasteiger partial charge in [0.25, 0.3) is 5.72 Å². The van der Waals surface area contributed by atoms with Crippen LogP contribution in [0.15, 0.2) is 0 Å². The minimum absolute atomic E-state index is 0.00139. The number of hydroxylamine groups is 1. The molecule has 4 aliphatic rings. The third kappa shape index (κ3) is 0.750. The molecule has 3 unspecified atom stereocenters. The van der Waals surface area contributed by atoms with Gasteiger partial charge in [0.15, 0.2) is 0 Å². The van der Waals surface area contributed by atoms with Gasteiger partial charge in [-0.3, -0.25) is 0 Å². The molecule has 7 heteroatoms. The molecule has 0 amide bonds. The van der Waals surface area contributed by atoms with Crippen LogP contribution in [-0.2, 0) is 24.4 Å². The summed E-state index contributed by atoms with van der Waals surface area (Å²) in [7, 11) is -3.48. The van der Waals surface area contributed by atoms with Crippen molar-refractivity contribution in [2.45, 2.75) is 38.5 Å². The Balaban J connectivity index is 2.02. The summed E-state index contributed by atoms with van der Waals surface area (Å²) in [6.45, 7) is 3.94. The summed E-state index contributed by atoms with van der Waals surface area (Å²) in [5, 5.41) is 0. The van der Waals surface area contributed by atoms with Crippen molar-refractivity contribution in [3.05, 3.63) is 0 Å². The summed E-state index contributed by atoms with van der Waals surface area (Å²) < 4.78 is 30.2. The summed E-state index contributed by atoms with van der Waals surface area (Å²) in [6, 6.07) is 0. The van der Waals surface area contributed by atoms with Gasteiger partial charge in [-0.2, -0.15) is 0 Å². The predicted molar refractivity (Wildman–Crippen MR) is 54.8 cm³/mol. The molecule has 0 aromatic heterocycles. The monoisotopic (exact) mass is 259 g/mol. The van der Waals surface area contributed by atoms with Crippen molar-refractivity contribution in [2.24, 2.45) is 10.8 Å². The average Bonchev–Trinajstić information content (AvgIpc) is 2.89. The molecular weight excluding hydrogens is 246 g/mol. The van der Waals surface area contributed by atoms with E-state index in [1.54, 1.807) is 0 Å². The van der Waals surface area contributed by atoms with Crippen LogP contribution < -0.4 is 0 Å². The van der Waals surface area contributed by atoms with Crippen LogP contribution in [0.1, 0.15) is 26.7 Å². The van der Waals surface area contributed by atoms with Gasteiger partial charge in [-0.05, 0) is 17.3 Å². The molecule has 1 saturated carbocycles. The van der Waals surface area contributed by atoms with Crippen LogP contribution in [0.25, 0.3) is 0 Å². The van der Waals surface area contributed by atoms with Gasteiger partial charge in [-0.15, -0.1) is 0 Å². The number of hydrogen-bond donors (Lipinski definition) is 0. The van der Waals surface area contributed by atoms with E-state index in [-0.39, 0.29) is 17.3 Å². The first kappa shape index (κ1) is 10.3. The fourth-order valence-electron chi connectivity index (χ4n) is 4.04. The topological polar surface area (TPSA) is 76.0 Å². The van der Waals surface area contributed by atoms with Crippen molar-refractivity contribution in [3.63, 3.8) is 0 Å². The van der Waals surface area contributed by atoms with Crippen molar-refractivity contribution >= 4 is 16.0 Å². The van der Waals surface area contributed by atoms with E-state index in [1.165, 1.54) is 0 Å². The maximum absolute atomic E-state index is 12.0. The fourth-order valence-corrected chi connectivity index (χ4v) is 6.35. The number of esters is 1. The van der Waals surface area contributed by atoms with Gasteiger partial charge in [-0.1, -0.05) is 13.8 Å². The highest BCUT2D eigenvalue weighted by Gasteiger charge is 2.91. The van der Waals surface area contributed by atoms with Gasteiger partial charge >= 0.3 is 5.97 Å². The second-order valence-electron chi connectivity index (χ2n) is 5.96. The quantitative estimate of drug-likeness (QED) is 0.452. The molecule has 94 valence electrons. The Morgan fingerprint density at radius 1 is 1.41 bits per heavy atom. The van der Waals surface area contributed by atoms with Crippen LogP contribution in [0.4, 0.5) is 0 Å². The molecular formula is C10H13NO5S. The highest BCUT2D eigenvalue weighted by atomic mass is 32.2. The van der Waals surface area contributed by atoms with E-state index < -0.39 is 27.1 Å². The lowest BCUT2D eigenvalue weighted by Gasteiger charge is -2.46. The van der Waals surface area contributed by atoms with Crippen LogP contribution in [0.2, 0.25) is 0 Å². The van der Waals surface area contributed by atoms with Gasteiger partial charge < -0.3 is 4.74 Å². The van der Waals surface area contributed by atoms with E-state index in [4.69, 9.17) is 9.57 Å². The van der Waals surface area contributed by atoms with Crippen LogP contribution in [-0.4, -0.2) is 36.4 Å². The van der Waals surface area contributed by atoms with Crippen molar-refractivity contribution in [1.82, 2.24) is 4.47 Å². The summed E-state index contributed by atoms with van der Waals surface area (Å²) in [5.41, 5.74) is -2.35. The number of fused-ring (bicyclic) bond motifs is 1. The van der Waals surface area contributed by atoms with E-state index in [0.29, 0.717) is 12.8 Å². The number of rotatable bonds is 0. The SMILES string of the molecule is CC1(C)C2CCC13CS(=O)(=O)N1O[C@]13C(=O)O2. The molecule has 3 aliphatic heterocycles. The standard InChI is InChI=1S/C10H13NO5S/c1-8(2)6-3-4-9(8)5-17(13,14)11-10(9,16-11)7(12)15-6/h6H,3-5H2,1-2H3/t6?,9?,10-,11?/m0/s1. The van der Waals surface area contributed by atoms with E-state index in [2.05, 4.69) is 0 Å². The summed E-state index contributed by atoms with van der Waals surface area (Å²) >= 11 is 0. The molecule has 3 heterocycles. The first-order valence-electron chi connectivity index (χ1n) is 5.71. The molecule has 0 radical (unpaired) electrons. The average molecular weight is 259 g/mol. The maximum atomic E-state index is 12.0. The molecule has 2 spiro atoms. The Bertz CT molecular complexity index is 555. The predicted octanol–water partition coefficient (Wildman–Crippen LogP) is 0.00510. The van der Waals surface area contributed by atoms with E-state index >= 15 is 0 Å². The molecule has 2 bridgehead atoms. The Morgan fingerprint density at radius 2 is 2.12 bits per heavy atom. The molecule has 4 rings (SSSR count). The normalized spacial score (nSPS) is 56.0. The van der Waals surface area contributed by atoms with E-state index in [9.17, 15) is 13.2 Å². The zero-order chi connectivity index (χ0) is 12.3. The number of ether oxygens (including phenoxy) is 1. The third-order valence-electron chi connectivity index (χ3n) is 5.17. The van der Waals surface area contributed by atoms with Gasteiger partial charge in [0, 0.05) is 5.41 Å². The van der Waals surface area contributed by atoms with Crippen molar-refractivity contribution in [1.29, 1.82) is 0 Å². The van der Waals surface area contributed by atoms with E-state index in [0.717, 1.165) is 4.47 Å². The zero-order valence-corrected chi connectivity index (χ0v) is 10.4. The van der Waals surface area contributed by atoms with E-state index in [1.807, 2.05) is 13.8 Å². The lowest BCUT2D eigenvalue weighted by atomic mass is 9.62. The molecule has 1 aliphatic carbocycles. The first-order valence-corrected chi connectivity index (χ1v) is 7.32. The molecule has 4 atom stereocenters. The number of carbonyl (C=O) groups is 1. The van der Waals surface area contributed by atoms with Crippen LogP contribution >= 0.6 is 0 Å². The summed E-state index contributed by atoms with van der Waals surface area (Å²) in [4.78, 5) is 17.2. The van der Waals surface area contributed by atoms with Crippen LogP contribution in [0.5, 0.6) is 0 Å². The lowest BCUT2D eigenvalue weighted by molar-refractivity contribution is -0.187. The van der Waals surface area contributed by atoms with Gasteiger partial charge in [-0.25, -0.2) is 18.0 Å². The van der Waals surface area contributed by atoms with Gasteiger partial charge in [0.1, 0.15) is 6.10 Å². The number of sulfonamides is 1. The lowest BCUT2D eigenvalue weighted by Crippen LogP contribution is -2.59. The summed E-state index contributed by atoms with van der Waals surface area (Å²) in [6.07, 6.45) is 1.18. The first-order chi connectivity index (χ1) is 7.78. The molecule has 0 N–H and O–H groups in total. The minimum Gasteiger partial charge on any atom is -0.458 e.